The zero-order valence-electron chi connectivity index (χ0n) is 9.74. The molecule has 4 nitrogen and oxygen atoms in total. The summed E-state index contributed by atoms with van der Waals surface area (Å²) in [6.45, 7) is 6.12. The van der Waals surface area contributed by atoms with Gasteiger partial charge >= 0.3 is 5.97 Å². The van der Waals surface area contributed by atoms with Crippen LogP contribution in [0.15, 0.2) is 0 Å². The Kier molecular flexibility index (Phi) is 5.05. The van der Waals surface area contributed by atoms with E-state index in [1.165, 1.54) is 6.42 Å². The van der Waals surface area contributed by atoms with Gasteiger partial charge in [-0.05, 0) is 33.2 Å². The van der Waals surface area contributed by atoms with Crippen molar-refractivity contribution in [3.8, 4) is 0 Å². The molecule has 15 heavy (non-hydrogen) atoms. The SMILES string of the molecule is CCOC(=O)CC(C)N1CCCC1CN. The molecule has 0 bridgehead atoms. The van der Waals surface area contributed by atoms with E-state index in [4.69, 9.17) is 10.5 Å². The smallest absolute Gasteiger partial charge is 0.307 e. The van der Waals surface area contributed by atoms with Gasteiger partial charge in [0.15, 0.2) is 0 Å². The van der Waals surface area contributed by atoms with Crippen molar-refractivity contribution in [3.63, 3.8) is 0 Å². The zero-order valence-corrected chi connectivity index (χ0v) is 9.74. The second kappa shape index (κ2) is 6.08. The quantitative estimate of drug-likeness (QED) is 0.686. The van der Waals surface area contributed by atoms with Crippen LogP contribution in [-0.4, -0.2) is 42.6 Å². The molecule has 0 saturated carbocycles. The second-order valence-electron chi connectivity index (χ2n) is 4.13. The fourth-order valence-electron chi connectivity index (χ4n) is 2.27. The summed E-state index contributed by atoms with van der Waals surface area (Å²) in [7, 11) is 0. The van der Waals surface area contributed by atoms with Gasteiger partial charge in [-0.1, -0.05) is 0 Å². The highest BCUT2D eigenvalue weighted by atomic mass is 16.5. The maximum absolute atomic E-state index is 11.3. The first-order valence-corrected chi connectivity index (χ1v) is 5.80. The number of ether oxygens (including phenoxy) is 1. The molecule has 0 radical (unpaired) electrons. The largest absolute Gasteiger partial charge is 0.466 e. The van der Waals surface area contributed by atoms with Crippen LogP contribution in [0.1, 0.15) is 33.1 Å². The van der Waals surface area contributed by atoms with Gasteiger partial charge in [-0.3, -0.25) is 9.69 Å². The summed E-state index contributed by atoms with van der Waals surface area (Å²) in [4.78, 5) is 13.7. The Morgan fingerprint density at radius 1 is 1.67 bits per heavy atom. The number of carbonyl (C=O) groups is 1. The molecule has 1 aliphatic rings. The minimum Gasteiger partial charge on any atom is -0.466 e. The number of carbonyl (C=O) groups excluding carboxylic acids is 1. The molecule has 1 heterocycles. The number of nitrogens with two attached hydrogens (primary N) is 1. The predicted octanol–water partition coefficient (Wildman–Crippen LogP) is 0.751. The van der Waals surface area contributed by atoms with Gasteiger partial charge in [0.2, 0.25) is 0 Å². The normalized spacial score (nSPS) is 24.1. The van der Waals surface area contributed by atoms with Crippen molar-refractivity contribution in [2.24, 2.45) is 5.73 Å². The molecule has 0 aromatic heterocycles. The van der Waals surface area contributed by atoms with Gasteiger partial charge in [0.25, 0.3) is 0 Å². The van der Waals surface area contributed by atoms with E-state index in [1.807, 2.05) is 6.92 Å². The van der Waals surface area contributed by atoms with Crippen LogP contribution in [-0.2, 0) is 9.53 Å². The van der Waals surface area contributed by atoms with Crippen LogP contribution in [0, 0.1) is 0 Å². The molecule has 0 aromatic carbocycles. The Hall–Kier alpha value is -0.610. The summed E-state index contributed by atoms with van der Waals surface area (Å²) in [6, 6.07) is 0.703. The fourth-order valence-corrected chi connectivity index (χ4v) is 2.27. The summed E-state index contributed by atoms with van der Waals surface area (Å²) in [6.07, 6.45) is 2.82. The van der Waals surface area contributed by atoms with Gasteiger partial charge in [0.1, 0.15) is 0 Å². The van der Waals surface area contributed by atoms with E-state index in [9.17, 15) is 4.79 Å². The Morgan fingerprint density at radius 2 is 2.40 bits per heavy atom. The average Bonchev–Trinajstić information content (AvgIpc) is 2.65. The summed E-state index contributed by atoms with van der Waals surface area (Å²) in [5, 5.41) is 0. The lowest BCUT2D eigenvalue weighted by molar-refractivity contribution is -0.144. The highest BCUT2D eigenvalue weighted by Gasteiger charge is 2.28. The maximum atomic E-state index is 11.3. The standard InChI is InChI=1S/C11H22N2O2/c1-3-15-11(14)7-9(2)13-6-4-5-10(13)8-12/h9-10H,3-8,12H2,1-2H3. The lowest BCUT2D eigenvalue weighted by atomic mass is 10.1. The van der Waals surface area contributed by atoms with Gasteiger partial charge < -0.3 is 10.5 Å². The van der Waals surface area contributed by atoms with Gasteiger partial charge in [-0.25, -0.2) is 0 Å². The van der Waals surface area contributed by atoms with E-state index >= 15 is 0 Å². The van der Waals surface area contributed by atoms with Crippen molar-refractivity contribution in [2.45, 2.75) is 45.2 Å². The van der Waals surface area contributed by atoms with Crippen molar-refractivity contribution in [1.29, 1.82) is 0 Å². The molecule has 2 N–H and O–H groups in total. The molecule has 0 spiro atoms. The lowest BCUT2D eigenvalue weighted by Crippen LogP contribution is -2.42. The van der Waals surface area contributed by atoms with E-state index in [0.717, 1.165) is 13.0 Å². The van der Waals surface area contributed by atoms with Crippen LogP contribution >= 0.6 is 0 Å². The summed E-state index contributed by atoms with van der Waals surface area (Å²) >= 11 is 0. The molecular weight excluding hydrogens is 192 g/mol. The van der Waals surface area contributed by atoms with Crippen LogP contribution in [0.5, 0.6) is 0 Å². The average molecular weight is 214 g/mol. The Morgan fingerprint density at radius 3 is 3.00 bits per heavy atom. The molecule has 0 aliphatic carbocycles. The molecule has 0 aromatic rings. The second-order valence-corrected chi connectivity index (χ2v) is 4.13. The van der Waals surface area contributed by atoms with Gasteiger partial charge in [-0.15, -0.1) is 0 Å². The minimum absolute atomic E-state index is 0.104. The van der Waals surface area contributed by atoms with Crippen LogP contribution in [0.2, 0.25) is 0 Å². The first kappa shape index (κ1) is 12.5. The Balaban J connectivity index is 2.38. The number of esters is 1. The van der Waals surface area contributed by atoms with Gasteiger partial charge in [-0.2, -0.15) is 0 Å². The molecular formula is C11H22N2O2. The van der Waals surface area contributed by atoms with Crippen LogP contribution < -0.4 is 5.73 Å². The van der Waals surface area contributed by atoms with Crippen molar-refractivity contribution >= 4 is 5.97 Å². The molecule has 1 saturated heterocycles. The number of hydrogen-bond acceptors (Lipinski definition) is 4. The van der Waals surface area contributed by atoms with Crippen molar-refractivity contribution in [2.75, 3.05) is 19.7 Å². The van der Waals surface area contributed by atoms with E-state index in [-0.39, 0.29) is 12.0 Å². The highest BCUT2D eigenvalue weighted by Crippen LogP contribution is 2.20. The maximum Gasteiger partial charge on any atom is 0.307 e. The summed E-state index contributed by atoms with van der Waals surface area (Å²) < 4.78 is 4.94. The number of nitrogens with zero attached hydrogens (tertiary/aromatic N) is 1. The topological polar surface area (TPSA) is 55.6 Å². The summed E-state index contributed by atoms with van der Waals surface area (Å²) in [5.41, 5.74) is 5.69. The van der Waals surface area contributed by atoms with E-state index in [2.05, 4.69) is 11.8 Å². The predicted molar refractivity (Wildman–Crippen MR) is 59.5 cm³/mol. The third-order valence-electron chi connectivity index (χ3n) is 3.03. The van der Waals surface area contributed by atoms with Gasteiger partial charge in [0, 0.05) is 18.6 Å². The molecule has 2 atom stereocenters. The highest BCUT2D eigenvalue weighted by molar-refractivity contribution is 5.70. The molecule has 1 aliphatic heterocycles. The third kappa shape index (κ3) is 3.47. The van der Waals surface area contributed by atoms with E-state index in [0.29, 0.717) is 25.6 Å². The van der Waals surface area contributed by atoms with E-state index < -0.39 is 0 Å². The minimum atomic E-state index is -0.104. The lowest BCUT2D eigenvalue weighted by Gasteiger charge is -2.29. The molecule has 0 amide bonds. The van der Waals surface area contributed by atoms with Gasteiger partial charge in [0.05, 0.1) is 13.0 Å². The first-order valence-electron chi connectivity index (χ1n) is 5.80. The Bertz CT molecular complexity index is 209. The van der Waals surface area contributed by atoms with Crippen LogP contribution in [0.25, 0.3) is 0 Å². The number of hydrogen-bond donors (Lipinski definition) is 1. The van der Waals surface area contributed by atoms with Crippen molar-refractivity contribution in [1.82, 2.24) is 4.90 Å². The van der Waals surface area contributed by atoms with E-state index in [1.54, 1.807) is 0 Å². The zero-order chi connectivity index (χ0) is 11.3. The molecule has 1 rings (SSSR count). The third-order valence-corrected chi connectivity index (χ3v) is 3.03. The van der Waals surface area contributed by atoms with Crippen LogP contribution in [0.4, 0.5) is 0 Å². The molecule has 2 unspecified atom stereocenters. The Labute approximate surface area is 91.8 Å². The summed E-state index contributed by atoms with van der Waals surface area (Å²) in [5.74, 6) is -0.104. The fraction of sp³-hybridized carbons (Fsp3) is 0.909. The molecule has 4 heteroatoms. The van der Waals surface area contributed by atoms with Crippen molar-refractivity contribution in [3.05, 3.63) is 0 Å². The number of rotatable bonds is 5. The molecule has 1 fully saturated rings. The van der Waals surface area contributed by atoms with Crippen molar-refractivity contribution < 1.29 is 9.53 Å². The first-order chi connectivity index (χ1) is 7.19. The van der Waals surface area contributed by atoms with Crippen LogP contribution in [0.3, 0.4) is 0 Å². The monoisotopic (exact) mass is 214 g/mol. The number of likely N-dealkylation sites (tertiary alicyclic amines) is 1. The molecule has 88 valence electrons.